The van der Waals surface area contributed by atoms with Crippen LogP contribution in [0.25, 0.3) is 0 Å². The van der Waals surface area contributed by atoms with Gasteiger partial charge in [0.15, 0.2) is 0 Å². The summed E-state index contributed by atoms with van der Waals surface area (Å²) in [5, 5.41) is 8.14. The quantitative estimate of drug-likeness (QED) is 0.264. The Hall–Kier alpha value is -2.13. The maximum absolute atomic E-state index is 9.87. The molecule has 2 atom stereocenters. The van der Waals surface area contributed by atoms with E-state index in [1.54, 1.807) is 0 Å². The van der Waals surface area contributed by atoms with E-state index in [1.807, 2.05) is 36.4 Å². The Kier molecular flexibility index (Phi) is 20.1. The lowest BCUT2D eigenvalue weighted by Crippen LogP contribution is -2.36. The number of rotatable bonds is 11. The second-order valence-corrected chi connectivity index (χ2v) is 13.6. The van der Waals surface area contributed by atoms with Gasteiger partial charge in [0.25, 0.3) is 0 Å². The van der Waals surface area contributed by atoms with Crippen LogP contribution in [0, 0.1) is 30.6 Å². The second kappa shape index (κ2) is 23.3. The maximum atomic E-state index is 9.87. The number of aryl methyl sites for hydroxylation is 2. The number of piperidine rings is 1. The first-order valence-corrected chi connectivity index (χ1v) is 17.9. The molecule has 0 radical (unpaired) electrons. The zero-order valence-corrected chi connectivity index (χ0v) is 28.3. The first kappa shape index (κ1) is 37.1. The highest BCUT2D eigenvalue weighted by Crippen LogP contribution is 2.32. The van der Waals surface area contributed by atoms with Gasteiger partial charge < -0.3 is 10.0 Å². The van der Waals surface area contributed by atoms with Gasteiger partial charge in [0.1, 0.15) is 0 Å². The van der Waals surface area contributed by atoms with Crippen LogP contribution in [0.2, 0.25) is 0 Å². The number of nitrogens with zero attached hydrogens (tertiary/aromatic N) is 1. The standard InChI is InChI=1S/C22H35N.C6H12O2.C6H12.C6H6/c1-18-6-9-20(10-7-18)4-3-5-21-12-14-23(15-13-21)17-22-11-8-19(2)16-22;1-2-3-4-5-6(7)8;1-2-6-4-3-5-6;1-2-4-6-5-3-1/h6-7,9-10,19,21-22H,3-5,8,11-17H2,1-2H3;2-5H2,1H3,(H,7,8);6H,2-5H2,1H3;1-6H/t19?,22-;;;/m1.../s1. The Bertz CT molecular complexity index is 886. The van der Waals surface area contributed by atoms with E-state index >= 15 is 0 Å². The summed E-state index contributed by atoms with van der Waals surface area (Å²) in [6.45, 7) is 13.1. The summed E-state index contributed by atoms with van der Waals surface area (Å²) in [4.78, 5) is 12.6. The zero-order chi connectivity index (χ0) is 31.1. The van der Waals surface area contributed by atoms with E-state index in [9.17, 15) is 4.79 Å². The molecule has 2 aliphatic carbocycles. The number of aliphatic carboxylic acids is 1. The molecule has 2 aromatic carbocycles. The van der Waals surface area contributed by atoms with Crippen molar-refractivity contribution < 1.29 is 9.90 Å². The molecule has 0 spiro atoms. The minimum Gasteiger partial charge on any atom is -0.481 e. The van der Waals surface area contributed by atoms with Crippen molar-refractivity contribution in [1.82, 2.24) is 4.90 Å². The fourth-order valence-electron chi connectivity index (χ4n) is 6.48. The molecule has 242 valence electrons. The topological polar surface area (TPSA) is 40.5 Å². The van der Waals surface area contributed by atoms with Crippen LogP contribution < -0.4 is 0 Å². The van der Waals surface area contributed by atoms with Crippen molar-refractivity contribution in [3.8, 4) is 0 Å². The van der Waals surface area contributed by atoms with Gasteiger partial charge in [0.05, 0.1) is 0 Å². The highest BCUT2D eigenvalue weighted by atomic mass is 16.4. The van der Waals surface area contributed by atoms with E-state index in [0.29, 0.717) is 6.42 Å². The predicted octanol–water partition coefficient (Wildman–Crippen LogP) is 11.0. The van der Waals surface area contributed by atoms with Crippen molar-refractivity contribution in [2.24, 2.45) is 23.7 Å². The molecule has 3 nitrogen and oxygen atoms in total. The van der Waals surface area contributed by atoms with Crippen molar-refractivity contribution in [1.29, 1.82) is 0 Å². The molecule has 2 aromatic rings. The molecule has 0 amide bonds. The van der Waals surface area contributed by atoms with Gasteiger partial charge in [-0.1, -0.05) is 138 Å². The fraction of sp³-hybridized carbons (Fsp3) is 0.675. The molecular formula is C40H65NO2. The van der Waals surface area contributed by atoms with E-state index in [2.05, 4.69) is 56.9 Å². The number of hydrogen-bond donors (Lipinski definition) is 1. The fourth-order valence-corrected chi connectivity index (χ4v) is 6.48. The molecule has 1 aliphatic heterocycles. The maximum Gasteiger partial charge on any atom is 0.303 e. The number of unbranched alkanes of at least 4 members (excludes halogenated alkanes) is 2. The van der Waals surface area contributed by atoms with E-state index in [-0.39, 0.29) is 0 Å². The third kappa shape index (κ3) is 18.3. The van der Waals surface area contributed by atoms with Crippen LogP contribution >= 0.6 is 0 Å². The lowest BCUT2D eigenvalue weighted by molar-refractivity contribution is -0.137. The van der Waals surface area contributed by atoms with Gasteiger partial charge in [-0.2, -0.15) is 0 Å². The second-order valence-electron chi connectivity index (χ2n) is 13.6. The molecule has 1 N–H and O–H groups in total. The highest BCUT2D eigenvalue weighted by molar-refractivity contribution is 5.66. The molecule has 5 rings (SSSR count). The highest BCUT2D eigenvalue weighted by Gasteiger charge is 2.25. The minimum absolute atomic E-state index is 0.327. The van der Waals surface area contributed by atoms with Crippen molar-refractivity contribution >= 4 is 5.97 Å². The summed E-state index contributed by atoms with van der Waals surface area (Å²) in [7, 11) is 0. The molecule has 0 bridgehead atoms. The zero-order valence-electron chi connectivity index (χ0n) is 28.3. The first-order valence-electron chi connectivity index (χ1n) is 17.9. The Morgan fingerprint density at radius 2 is 1.42 bits per heavy atom. The molecular weight excluding hydrogens is 526 g/mol. The van der Waals surface area contributed by atoms with Gasteiger partial charge in [0.2, 0.25) is 0 Å². The number of carbonyl (C=O) groups is 1. The van der Waals surface area contributed by atoms with Crippen molar-refractivity contribution in [3.05, 3.63) is 71.8 Å². The largest absolute Gasteiger partial charge is 0.481 e. The van der Waals surface area contributed by atoms with Crippen LogP contribution in [0.15, 0.2) is 60.7 Å². The Morgan fingerprint density at radius 1 is 0.791 bits per heavy atom. The SMILES string of the molecule is CCC1CCC1.CCCCCC(=O)O.Cc1ccc(CCCC2CCN(C[C@@H]3CCC(C)C3)CC2)cc1.c1ccccc1. The summed E-state index contributed by atoms with van der Waals surface area (Å²) < 4.78 is 0. The summed E-state index contributed by atoms with van der Waals surface area (Å²) in [6, 6.07) is 21.1. The first-order chi connectivity index (χ1) is 20.9. The number of benzene rings is 2. The average molecular weight is 592 g/mol. The van der Waals surface area contributed by atoms with Crippen molar-refractivity contribution in [2.45, 2.75) is 130 Å². The van der Waals surface area contributed by atoms with Gasteiger partial charge in [-0.3, -0.25) is 4.79 Å². The molecule has 2 saturated carbocycles. The smallest absolute Gasteiger partial charge is 0.303 e. The lowest BCUT2D eigenvalue weighted by Gasteiger charge is -2.33. The average Bonchev–Trinajstić information content (AvgIpc) is 3.40. The molecule has 43 heavy (non-hydrogen) atoms. The van der Waals surface area contributed by atoms with Crippen LogP contribution in [0.5, 0.6) is 0 Å². The normalized spacial score (nSPS) is 20.4. The molecule has 3 aliphatic rings. The Labute approximate surface area is 265 Å². The predicted molar refractivity (Wildman–Crippen MR) is 186 cm³/mol. The van der Waals surface area contributed by atoms with E-state index in [0.717, 1.165) is 42.9 Å². The molecule has 3 fully saturated rings. The molecule has 3 heteroatoms. The number of carboxylic acid groups (broad SMARTS) is 1. The van der Waals surface area contributed by atoms with Gasteiger partial charge in [-0.05, 0) is 94.2 Å². The summed E-state index contributed by atoms with van der Waals surface area (Å²) >= 11 is 0. The van der Waals surface area contributed by atoms with Gasteiger partial charge in [-0.15, -0.1) is 0 Å². The third-order valence-electron chi connectivity index (χ3n) is 9.69. The summed E-state index contributed by atoms with van der Waals surface area (Å²) in [6.07, 6.45) is 20.6. The molecule has 1 heterocycles. The van der Waals surface area contributed by atoms with Gasteiger partial charge >= 0.3 is 5.97 Å². The molecule has 1 unspecified atom stereocenters. The van der Waals surface area contributed by atoms with Gasteiger partial charge in [-0.25, -0.2) is 0 Å². The Morgan fingerprint density at radius 3 is 1.86 bits per heavy atom. The number of carboxylic acids is 1. The number of hydrogen-bond acceptors (Lipinski definition) is 2. The van der Waals surface area contributed by atoms with Crippen LogP contribution in [0.1, 0.15) is 128 Å². The lowest BCUT2D eigenvalue weighted by atomic mass is 9.84. The van der Waals surface area contributed by atoms with E-state index in [4.69, 9.17) is 5.11 Å². The van der Waals surface area contributed by atoms with Crippen LogP contribution in [-0.4, -0.2) is 35.6 Å². The van der Waals surface area contributed by atoms with Gasteiger partial charge in [0, 0.05) is 13.0 Å². The molecule has 0 aromatic heterocycles. The van der Waals surface area contributed by atoms with E-state index in [1.165, 1.54) is 108 Å². The van der Waals surface area contributed by atoms with Crippen LogP contribution in [0.3, 0.4) is 0 Å². The van der Waals surface area contributed by atoms with E-state index < -0.39 is 5.97 Å². The Balaban J connectivity index is 0.000000260. The summed E-state index contributed by atoms with van der Waals surface area (Å²) in [5.41, 5.74) is 2.89. The van der Waals surface area contributed by atoms with Crippen LogP contribution in [0.4, 0.5) is 0 Å². The summed E-state index contributed by atoms with van der Waals surface area (Å²) in [5.74, 6) is 3.41. The third-order valence-corrected chi connectivity index (χ3v) is 9.69. The van der Waals surface area contributed by atoms with Crippen molar-refractivity contribution in [2.75, 3.05) is 19.6 Å². The minimum atomic E-state index is -0.682. The monoisotopic (exact) mass is 592 g/mol. The molecule has 1 saturated heterocycles. The van der Waals surface area contributed by atoms with Crippen molar-refractivity contribution in [3.63, 3.8) is 0 Å². The van der Waals surface area contributed by atoms with Crippen LogP contribution in [-0.2, 0) is 11.2 Å². The number of likely N-dealkylation sites (tertiary alicyclic amines) is 1.